The van der Waals surface area contributed by atoms with E-state index in [4.69, 9.17) is 0 Å². The third-order valence-corrected chi connectivity index (χ3v) is 2.17. The molecule has 0 radical (unpaired) electrons. The first-order valence-electron chi connectivity index (χ1n) is 4.05. The number of nitrogens with zero attached hydrogens (tertiary/aromatic N) is 1. The van der Waals surface area contributed by atoms with E-state index < -0.39 is 0 Å². The molecule has 4 nitrogen and oxygen atoms in total. The van der Waals surface area contributed by atoms with Crippen LogP contribution >= 0.6 is 0 Å². The van der Waals surface area contributed by atoms with Crippen molar-refractivity contribution in [3.8, 4) is 0 Å². The molecule has 2 aliphatic rings. The van der Waals surface area contributed by atoms with Crippen molar-refractivity contribution in [2.45, 2.75) is 13.3 Å². The highest BCUT2D eigenvalue weighted by molar-refractivity contribution is 5.87. The summed E-state index contributed by atoms with van der Waals surface area (Å²) in [4.78, 5) is 0. The highest BCUT2D eigenvalue weighted by atomic mass is 15.8. The number of nitrogens with one attached hydrogen (secondary N) is 3. The molecule has 4 heteroatoms. The van der Waals surface area contributed by atoms with Gasteiger partial charge in [-0.25, -0.2) is 5.53 Å². The number of amidine groups is 1. The minimum Gasteiger partial charge on any atom is -0.288 e. The molecule has 12 heavy (non-hydrogen) atoms. The summed E-state index contributed by atoms with van der Waals surface area (Å²) in [5.41, 5.74) is 9.71. The normalized spacial score (nSPS) is 27.2. The van der Waals surface area contributed by atoms with Crippen LogP contribution in [0.25, 0.3) is 0 Å². The van der Waals surface area contributed by atoms with Gasteiger partial charge in [-0.2, -0.15) is 0 Å². The maximum absolute atomic E-state index is 4.08. The Morgan fingerprint density at radius 3 is 3.17 bits per heavy atom. The molecular formula is C8H12N4. The van der Waals surface area contributed by atoms with Crippen LogP contribution in [0.2, 0.25) is 0 Å². The second-order valence-corrected chi connectivity index (χ2v) is 2.99. The van der Waals surface area contributed by atoms with Gasteiger partial charge in [-0.15, -0.1) is 10.6 Å². The van der Waals surface area contributed by atoms with Gasteiger partial charge in [-0.1, -0.05) is 23.8 Å². The SMILES string of the molecule is CC1=CC=CCC1C1=NNNN1. The van der Waals surface area contributed by atoms with Gasteiger partial charge in [0.15, 0.2) is 0 Å². The maximum atomic E-state index is 4.08. The molecule has 0 amide bonds. The van der Waals surface area contributed by atoms with Crippen LogP contribution in [0.3, 0.4) is 0 Å². The number of allylic oxidation sites excluding steroid dienone is 3. The van der Waals surface area contributed by atoms with E-state index in [0.29, 0.717) is 5.92 Å². The van der Waals surface area contributed by atoms with Crippen LogP contribution in [0, 0.1) is 5.92 Å². The summed E-state index contributed by atoms with van der Waals surface area (Å²) in [7, 11) is 0. The molecular weight excluding hydrogens is 152 g/mol. The first-order valence-corrected chi connectivity index (χ1v) is 4.05. The fourth-order valence-electron chi connectivity index (χ4n) is 1.44. The molecule has 0 aromatic heterocycles. The van der Waals surface area contributed by atoms with Crippen molar-refractivity contribution in [1.29, 1.82) is 0 Å². The smallest absolute Gasteiger partial charge is 0.146 e. The van der Waals surface area contributed by atoms with Crippen molar-refractivity contribution in [1.82, 2.24) is 16.5 Å². The maximum Gasteiger partial charge on any atom is 0.146 e. The molecule has 1 atom stereocenters. The quantitative estimate of drug-likeness (QED) is 0.527. The molecule has 1 unspecified atom stereocenters. The van der Waals surface area contributed by atoms with Gasteiger partial charge in [0, 0.05) is 5.92 Å². The van der Waals surface area contributed by atoms with Crippen LogP contribution in [-0.2, 0) is 0 Å². The van der Waals surface area contributed by atoms with Gasteiger partial charge in [-0.3, -0.25) is 5.43 Å². The monoisotopic (exact) mass is 164 g/mol. The molecule has 2 rings (SSSR count). The van der Waals surface area contributed by atoms with Crippen molar-refractivity contribution in [2.24, 2.45) is 11.0 Å². The largest absolute Gasteiger partial charge is 0.288 e. The zero-order valence-corrected chi connectivity index (χ0v) is 6.96. The van der Waals surface area contributed by atoms with Gasteiger partial charge < -0.3 is 0 Å². The number of rotatable bonds is 1. The lowest BCUT2D eigenvalue weighted by molar-refractivity contribution is 0.573. The molecule has 0 saturated heterocycles. The molecule has 0 saturated carbocycles. The van der Waals surface area contributed by atoms with E-state index in [2.05, 4.69) is 46.7 Å². The van der Waals surface area contributed by atoms with Crippen molar-refractivity contribution < 1.29 is 0 Å². The molecule has 0 bridgehead atoms. The van der Waals surface area contributed by atoms with Crippen LogP contribution in [0.1, 0.15) is 13.3 Å². The van der Waals surface area contributed by atoms with Crippen molar-refractivity contribution in [3.63, 3.8) is 0 Å². The Hall–Kier alpha value is -1.29. The van der Waals surface area contributed by atoms with Crippen molar-refractivity contribution in [3.05, 3.63) is 23.8 Å². The Balaban J connectivity index is 2.14. The highest BCUT2D eigenvalue weighted by Crippen LogP contribution is 2.20. The van der Waals surface area contributed by atoms with Crippen LogP contribution in [-0.4, -0.2) is 5.84 Å². The van der Waals surface area contributed by atoms with E-state index in [-0.39, 0.29) is 0 Å². The van der Waals surface area contributed by atoms with Crippen LogP contribution in [0.15, 0.2) is 28.9 Å². The van der Waals surface area contributed by atoms with Gasteiger partial charge >= 0.3 is 0 Å². The van der Waals surface area contributed by atoms with E-state index in [9.17, 15) is 0 Å². The molecule has 3 N–H and O–H groups in total. The fourth-order valence-corrected chi connectivity index (χ4v) is 1.44. The second kappa shape index (κ2) is 2.98. The Kier molecular flexibility index (Phi) is 1.83. The molecule has 0 aromatic carbocycles. The first kappa shape index (κ1) is 7.36. The summed E-state index contributed by atoms with van der Waals surface area (Å²) >= 11 is 0. The van der Waals surface area contributed by atoms with E-state index >= 15 is 0 Å². The van der Waals surface area contributed by atoms with E-state index in [0.717, 1.165) is 12.3 Å². The molecule has 1 heterocycles. The van der Waals surface area contributed by atoms with Crippen LogP contribution in [0.5, 0.6) is 0 Å². The summed E-state index contributed by atoms with van der Waals surface area (Å²) in [6.45, 7) is 2.12. The second-order valence-electron chi connectivity index (χ2n) is 2.99. The predicted molar refractivity (Wildman–Crippen MR) is 47.8 cm³/mol. The number of hydrazone groups is 1. The fraction of sp³-hybridized carbons (Fsp3) is 0.375. The van der Waals surface area contributed by atoms with E-state index in [1.165, 1.54) is 5.57 Å². The molecule has 0 fully saturated rings. The third kappa shape index (κ3) is 1.21. The number of hydrogen-bond donors (Lipinski definition) is 3. The molecule has 1 aliphatic heterocycles. The number of hydrazine groups is 2. The molecule has 1 aliphatic carbocycles. The minimum absolute atomic E-state index is 0.400. The predicted octanol–water partition coefficient (Wildman–Crippen LogP) is 0.435. The van der Waals surface area contributed by atoms with E-state index in [1.54, 1.807) is 0 Å². The van der Waals surface area contributed by atoms with Crippen molar-refractivity contribution in [2.75, 3.05) is 0 Å². The third-order valence-electron chi connectivity index (χ3n) is 2.17. The van der Waals surface area contributed by atoms with Gasteiger partial charge in [0.2, 0.25) is 0 Å². The molecule has 0 aromatic rings. The van der Waals surface area contributed by atoms with Crippen LogP contribution < -0.4 is 16.5 Å². The highest BCUT2D eigenvalue weighted by Gasteiger charge is 2.20. The van der Waals surface area contributed by atoms with Gasteiger partial charge in [0.1, 0.15) is 5.84 Å². The molecule has 64 valence electrons. The standard InChI is InChI=1S/C8H12N4/c1-6-4-2-3-5-7(6)8-9-11-12-10-8/h2-4,7,11-12H,5H2,1H3,(H,9,10). The Labute approximate surface area is 71.4 Å². The molecule has 0 spiro atoms. The van der Waals surface area contributed by atoms with Crippen LogP contribution in [0.4, 0.5) is 0 Å². The lowest BCUT2D eigenvalue weighted by Gasteiger charge is -2.17. The van der Waals surface area contributed by atoms with Crippen molar-refractivity contribution >= 4 is 5.84 Å². The summed E-state index contributed by atoms with van der Waals surface area (Å²) in [6.07, 6.45) is 7.39. The average molecular weight is 164 g/mol. The lowest BCUT2D eigenvalue weighted by atomic mass is 9.92. The zero-order chi connectivity index (χ0) is 8.39. The summed E-state index contributed by atoms with van der Waals surface area (Å²) in [5, 5.41) is 4.08. The van der Waals surface area contributed by atoms with E-state index in [1.807, 2.05) is 0 Å². The van der Waals surface area contributed by atoms with Gasteiger partial charge in [0.05, 0.1) is 0 Å². The topological polar surface area (TPSA) is 48.5 Å². The minimum atomic E-state index is 0.400. The summed E-state index contributed by atoms with van der Waals surface area (Å²) in [5.74, 6) is 1.37. The Bertz CT molecular complexity index is 264. The summed E-state index contributed by atoms with van der Waals surface area (Å²) < 4.78 is 0. The first-order chi connectivity index (χ1) is 5.88. The summed E-state index contributed by atoms with van der Waals surface area (Å²) in [6, 6.07) is 0. The average Bonchev–Trinajstić information content (AvgIpc) is 2.57. The zero-order valence-electron chi connectivity index (χ0n) is 6.96. The lowest BCUT2D eigenvalue weighted by Crippen LogP contribution is -2.38. The Morgan fingerprint density at radius 2 is 2.50 bits per heavy atom. The Morgan fingerprint density at radius 1 is 1.58 bits per heavy atom. The number of hydrogen-bond acceptors (Lipinski definition) is 4. The van der Waals surface area contributed by atoms with Gasteiger partial charge in [0.25, 0.3) is 0 Å². The van der Waals surface area contributed by atoms with Gasteiger partial charge in [-0.05, 0) is 13.3 Å².